The summed E-state index contributed by atoms with van der Waals surface area (Å²) in [5.41, 5.74) is 0.696. The Morgan fingerprint density at radius 3 is 2.53 bits per heavy atom. The van der Waals surface area contributed by atoms with Gasteiger partial charge in [-0.15, -0.1) is 0 Å². The van der Waals surface area contributed by atoms with Crippen LogP contribution in [-0.4, -0.2) is 42.4 Å². The third kappa shape index (κ3) is 3.06. The van der Waals surface area contributed by atoms with Gasteiger partial charge in [0.05, 0.1) is 11.8 Å². The van der Waals surface area contributed by atoms with Gasteiger partial charge in [-0.1, -0.05) is 25.2 Å². The molecule has 6 heteroatoms. The minimum atomic E-state index is -0.876. The fourth-order valence-corrected chi connectivity index (χ4v) is 3.39. The molecule has 0 amide bonds. The Labute approximate surface area is 117 Å². The summed E-state index contributed by atoms with van der Waals surface area (Å²) in [5, 5.41) is 10.1. The van der Waals surface area contributed by atoms with E-state index in [1.165, 1.54) is 11.3 Å². The molecule has 106 valence electrons. The highest BCUT2D eigenvalue weighted by atomic mass is 32.1. The van der Waals surface area contributed by atoms with Crippen LogP contribution in [0.25, 0.3) is 0 Å². The molecule has 0 spiro atoms. The molecule has 1 fully saturated rings. The van der Waals surface area contributed by atoms with Gasteiger partial charge in [-0.05, 0) is 18.8 Å². The number of aromatic nitrogens is 1. The van der Waals surface area contributed by atoms with E-state index in [-0.39, 0.29) is 5.92 Å². The molecule has 0 unspecified atom stereocenters. The van der Waals surface area contributed by atoms with Crippen LogP contribution in [0.1, 0.15) is 48.0 Å². The maximum absolute atomic E-state index is 11.3. The van der Waals surface area contributed by atoms with E-state index in [1.54, 1.807) is 7.11 Å². The molecule has 1 aromatic heterocycles. The normalized spacial score (nSPS) is 17.2. The number of rotatable bonds is 4. The molecule has 0 saturated carbocycles. The lowest BCUT2D eigenvalue weighted by atomic mass is 10.1. The zero-order valence-corrected chi connectivity index (χ0v) is 12.4. The Morgan fingerprint density at radius 2 is 2.11 bits per heavy atom. The molecule has 2 heterocycles. The Balaban J connectivity index is 2.17. The van der Waals surface area contributed by atoms with Crippen LogP contribution in [-0.2, 0) is 4.74 Å². The lowest BCUT2D eigenvalue weighted by Crippen LogP contribution is -2.36. The largest absolute Gasteiger partial charge is 0.477 e. The Bertz CT molecular complexity index is 451. The minimum Gasteiger partial charge on any atom is -0.477 e. The zero-order chi connectivity index (χ0) is 14.0. The Morgan fingerprint density at radius 1 is 1.47 bits per heavy atom. The maximum Gasteiger partial charge on any atom is 0.347 e. The van der Waals surface area contributed by atoms with E-state index in [2.05, 4.69) is 9.88 Å². The molecule has 1 saturated heterocycles. The zero-order valence-electron chi connectivity index (χ0n) is 11.5. The number of anilines is 1. The molecule has 1 aromatic rings. The predicted molar refractivity (Wildman–Crippen MR) is 75.4 cm³/mol. The molecule has 0 bridgehead atoms. The van der Waals surface area contributed by atoms with Crippen LogP contribution in [0.15, 0.2) is 0 Å². The second-order valence-electron chi connectivity index (χ2n) is 5.09. The van der Waals surface area contributed by atoms with Gasteiger partial charge in [0.25, 0.3) is 0 Å². The van der Waals surface area contributed by atoms with Crippen LogP contribution in [0.4, 0.5) is 5.13 Å². The van der Waals surface area contributed by atoms with Crippen LogP contribution < -0.4 is 4.90 Å². The number of carboxylic acids is 1. The predicted octanol–water partition coefficient (Wildman–Crippen LogP) is 2.58. The van der Waals surface area contributed by atoms with Crippen LogP contribution in [0.5, 0.6) is 0 Å². The summed E-state index contributed by atoms with van der Waals surface area (Å²) >= 11 is 1.29. The molecule has 0 aliphatic carbocycles. The van der Waals surface area contributed by atoms with Crippen molar-refractivity contribution >= 4 is 22.4 Å². The standard InChI is InChI=1S/C13H20N2O3S/c1-8(2)10-11(12(16)17)19-13(14-10)15-6-4-9(18-3)5-7-15/h8-9H,4-7H2,1-3H3,(H,16,17). The SMILES string of the molecule is COC1CCN(c2nc(C(C)C)c(C(=O)O)s2)CC1. The van der Waals surface area contributed by atoms with Gasteiger partial charge in [0.15, 0.2) is 5.13 Å². The number of hydrogen-bond acceptors (Lipinski definition) is 5. The van der Waals surface area contributed by atoms with E-state index < -0.39 is 5.97 Å². The monoisotopic (exact) mass is 284 g/mol. The van der Waals surface area contributed by atoms with Gasteiger partial charge >= 0.3 is 5.97 Å². The van der Waals surface area contributed by atoms with Crippen molar-refractivity contribution in [1.29, 1.82) is 0 Å². The smallest absolute Gasteiger partial charge is 0.347 e. The molecule has 0 aromatic carbocycles. The van der Waals surface area contributed by atoms with Crippen LogP contribution >= 0.6 is 11.3 Å². The van der Waals surface area contributed by atoms with Crippen molar-refractivity contribution in [3.05, 3.63) is 10.6 Å². The molecular weight excluding hydrogens is 264 g/mol. The minimum absolute atomic E-state index is 0.132. The average molecular weight is 284 g/mol. The fraction of sp³-hybridized carbons (Fsp3) is 0.692. The molecule has 19 heavy (non-hydrogen) atoms. The number of ether oxygens (including phenoxy) is 1. The molecule has 2 rings (SSSR count). The van der Waals surface area contributed by atoms with Crippen LogP contribution in [0.3, 0.4) is 0 Å². The van der Waals surface area contributed by atoms with E-state index >= 15 is 0 Å². The molecular formula is C13H20N2O3S. The first-order valence-electron chi connectivity index (χ1n) is 6.54. The maximum atomic E-state index is 11.3. The third-order valence-electron chi connectivity index (χ3n) is 3.43. The molecule has 0 radical (unpaired) electrons. The lowest BCUT2D eigenvalue weighted by Gasteiger charge is -2.30. The number of methoxy groups -OCH3 is 1. The molecule has 5 nitrogen and oxygen atoms in total. The van der Waals surface area contributed by atoms with Gasteiger partial charge in [0, 0.05) is 20.2 Å². The van der Waals surface area contributed by atoms with E-state index in [9.17, 15) is 9.90 Å². The van der Waals surface area contributed by atoms with Gasteiger partial charge in [0.2, 0.25) is 0 Å². The van der Waals surface area contributed by atoms with Gasteiger partial charge in [-0.25, -0.2) is 9.78 Å². The molecule has 1 aliphatic heterocycles. The second-order valence-corrected chi connectivity index (χ2v) is 6.07. The summed E-state index contributed by atoms with van der Waals surface area (Å²) in [7, 11) is 1.74. The van der Waals surface area contributed by atoms with Crippen molar-refractivity contribution in [3.8, 4) is 0 Å². The number of aromatic carboxylic acids is 1. The fourth-order valence-electron chi connectivity index (χ4n) is 2.28. The van der Waals surface area contributed by atoms with Crippen LogP contribution in [0.2, 0.25) is 0 Å². The van der Waals surface area contributed by atoms with E-state index in [0.29, 0.717) is 16.7 Å². The Kier molecular flexibility index (Phi) is 4.42. The van der Waals surface area contributed by atoms with Crippen LogP contribution in [0, 0.1) is 0 Å². The summed E-state index contributed by atoms with van der Waals surface area (Å²) in [4.78, 5) is 18.3. The number of carbonyl (C=O) groups is 1. The third-order valence-corrected chi connectivity index (χ3v) is 4.55. The van der Waals surface area contributed by atoms with Gasteiger partial charge in [-0.2, -0.15) is 0 Å². The summed E-state index contributed by atoms with van der Waals surface area (Å²) in [6.07, 6.45) is 2.25. The topological polar surface area (TPSA) is 62.7 Å². The Hall–Kier alpha value is -1.14. The second kappa shape index (κ2) is 5.88. The quantitative estimate of drug-likeness (QED) is 0.920. The van der Waals surface area contributed by atoms with Crippen molar-refractivity contribution < 1.29 is 14.6 Å². The number of thiazole rings is 1. The van der Waals surface area contributed by atoms with Crippen molar-refractivity contribution in [2.45, 2.75) is 38.7 Å². The summed E-state index contributed by atoms with van der Waals surface area (Å²) in [5.74, 6) is -0.744. The first-order chi connectivity index (χ1) is 9.02. The lowest BCUT2D eigenvalue weighted by molar-refractivity contribution is 0.0700. The number of piperidine rings is 1. The van der Waals surface area contributed by atoms with Gasteiger partial charge < -0.3 is 14.7 Å². The van der Waals surface area contributed by atoms with E-state index in [4.69, 9.17) is 4.74 Å². The number of carboxylic acid groups (broad SMARTS) is 1. The first kappa shape index (κ1) is 14.3. The first-order valence-corrected chi connectivity index (χ1v) is 7.36. The highest BCUT2D eigenvalue weighted by molar-refractivity contribution is 7.17. The number of hydrogen-bond donors (Lipinski definition) is 1. The summed E-state index contributed by atoms with van der Waals surface area (Å²) < 4.78 is 5.34. The highest BCUT2D eigenvalue weighted by Crippen LogP contribution is 2.32. The number of nitrogens with zero attached hydrogens (tertiary/aromatic N) is 2. The van der Waals surface area contributed by atoms with E-state index in [0.717, 1.165) is 31.1 Å². The summed E-state index contributed by atoms with van der Waals surface area (Å²) in [6.45, 7) is 5.70. The highest BCUT2D eigenvalue weighted by Gasteiger charge is 2.25. The summed E-state index contributed by atoms with van der Waals surface area (Å²) in [6, 6.07) is 0. The van der Waals surface area contributed by atoms with Gasteiger partial charge in [0.1, 0.15) is 4.88 Å². The van der Waals surface area contributed by atoms with Crippen molar-refractivity contribution in [3.63, 3.8) is 0 Å². The van der Waals surface area contributed by atoms with Crippen molar-refractivity contribution in [2.24, 2.45) is 0 Å². The van der Waals surface area contributed by atoms with Crippen molar-refractivity contribution in [1.82, 2.24) is 4.98 Å². The average Bonchev–Trinajstić information content (AvgIpc) is 2.84. The van der Waals surface area contributed by atoms with Crippen molar-refractivity contribution in [2.75, 3.05) is 25.1 Å². The van der Waals surface area contributed by atoms with Gasteiger partial charge in [-0.3, -0.25) is 0 Å². The molecule has 1 aliphatic rings. The van der Waals surface area contributed by atoms with E-state index in [1.807, 2.05) is 13.8 Å². The molecule has 1 N–H and O–H groups in total. The molecule has 0 atom stereocenters.